The third-order valence-corrected chi connectivity index (χ3v) is 3.63. The van der Waals surface area contributed by atoms with Gasteiger partial charge in [-0.3, -0.25) is 0 Å². The summed E-state index contributed by atoms with van der Waals surface area (Å²) in [6, 6.07) is 7.65. The zero-order valence-corrected chi connectivity index (χ0v) is 10.5. The SMILES string of the molecule is Nc1ccc(OCCCC2CCCCC2)cc1. The number of ether oxygens (including phenoxy) is 1. The van der Waals surface area contributed by atoms with Crippen LogP contribution in [0.15, 0.2) is 24.3 Å². The highest BCUT2D eigenvalue weighted by atomic mass is 16.5. The van der Waals surface area contributed by atoms with Gasteiger partial charge in [0.2, 0.25) is 0 Å². The fourth-order valence-corrected chi connectivity index (χ4v) is 2.60. The molecule has 94 valence electrons. The molecule has 17 heavy (non-hydrogen) atoms. The van der Waals surface area contributed by atoms with Crippen molar-refractivity contribution >= 4 is 5.69 Å². The molecule has 1 saturated carbocycles. The van der Waals surface area contributed by atoms with E-state index in [9.17, 15) is 0 Å². The molecule has 0 heterocycles. The van der Waals surface area contributed by atoms with Crippen molar-refractivity contribution in [1.29, 1.82) is 0 Å². The van der Waals surface area contributed by atoms with Gasteiger partial charge in [-0.15, -0.1) is 0 Å². The zero-order valence-electron chi connectivity index (χ0n) is 10.5. The third kappa shape index (κ3) is 4.29. The standard InChI is InChI=1S/C15H23NO/c16-14-8-10-15(11-9-14)17-12-4-7-13-5-2-1-3-6-13/h8-11,13H,1-7,12,16H2. The molecule has 1 fully saturated rings. The summed E-state index contributed by atoms with van der Waals surface area (Å²) in [7, 11) is 0. The summed E-state index contributed by atoms with van der Waals surface area (Å²) in [5, 5.41) is 0. The zero-order chi connectivity index (χ0) is 11.9. The molecule has 1 aliphatic rings. The first-order chi connectivity index (χ1) is 8.34. The summed E-state index contributed by atoms with van der Waals surface area (Å²) in [6.07, 6.45) is 9.68. The Hall–Kier alpha value is -1.18. The highest BCUT2D eigenvalue weighted by molar-refractivity contribution is 5.41. The molecule has 0 spiro atoms. The Bertz CT molecular complexity index is 314. The Morgan fingerprint density at radius 1 is 1.06 bits per heavy atom. The minimum absolute atomic E-state index is 0.791. The number of rotatable bonds is 5. The lowest BCUT2D eigenvalue weighted by molar-refractivity contribution is 0.269. The van der Waals surface area contributed by atoms with Gasteiger partial charge in [0.25, 0.3) is 0 Å². The Morgan fingerprint density at radius 3 is 2.47 bits per heavy atom. The molecule has 2 rings (SSSR count). The molecule has 0 bridgehead atoms. The molecule has 1 aromatic carbocycles. The molecule has 0 aromatic heterocycles. The van der Waals surface area contributed by atoms with Crippen LogP contribution in [0.3, 0.4) is 0 Å². The molecule has 0 saturated heterocycles. The van der Waals surface area contributed by atoms with Crippen molar-refractivity contribution in [1.82, 2.24) is 0 Å². The second-order valence-corrected chi connectivity index (χ2v) is 5.06. The van der Waals surface area contributed by atoms with E-state index in [2.05, 4.69) is 0 Å². The summed E-state index contributed by atoms with van der Waals surface area (Å²) in [5.74, 6) is 1.89. The predicted molar refractivity (Wildman–Crippen MR) is 72.2 cm³/mol. The van der Waals surface area contributed by atoms with Crippen molar-refractivity contribution in [3.63, 3.8) is 0 Å². The molecule has 1 aromatic rings. The fraction of sp³-hybridized carbons (Fsp3) is 0.600. The van der Waals surface area contributed by atoms with Crippen molar-refractivity contribution in [3.05, 3.63) is 24.3 Å². The number of hydrogen-bond donors (Lipinski definition) is 1. The maximum atomic E-state index is 5.70. The monoisotopic (exact) mass is 233 g/mol. The average Bonchev–Trinajstić information content (AvgIpc) is 2.38. The second kappa shape index (κ2) is 6.53. The van der Waals surface area contributed by atoms with E-state index in [0.29, 0.717) is 0 Å². The van der Waals surface area contributed by atoms with Gasteiger partial charge >= 0.3 is 0 Å². The molecule has 2 nitrogen and oxygen atoms in total. The van der Waals surface area contributed by atoms with E-state index >= 15 is 0 Å². The van der Waals surface area contributed by atoms with E-state index in [1.807, 2.05) is 24.3 Å². The number of nitrogen functional groups attached to an aromatic ring is 1. The second-order valence-electron chi connectivity index (χ2n) is 5.06. The number of nitrogens with two attached hydrogens (primary N) is 1. The van der Waals surface area contributed by atoms with Gasteiger partial charge in [0.1, 0.15) is 5.75 Å². The van der Waals surface area contributed by atoms with Crippen LogP contribution in [0.4, 0.5) is 5.69 Å². The van der Waals surface area contributed by atoms with Gasteiger partial charge in [0.05, 0.1) is 6.61 Å². The van der Waals surface area contributed by atoms with Crippen molar-refractivity contribution in [3.8, 4) is 5.75 Å². The molecule has 0 unspecified atom stereocenters. The van der Waals surface area contributed by atoms with Crippen LogP contribution in [0.25, 0.3) is 0 Å². The van der Waals surface area contributed by atoms with Crippen LogP contribution in [0.2, 0.25) is 0 Å². The van der Waals surface area contributed by atoms with E-state index in [0.717, 1.165) is 24.0 Å². The predicted octanol–water partition coefficient (Wildman–Crippen LogP) is 4.01. The largest absolute Gasteiger partial charge is 0.494 e. The lowest BCUT2D eigenvalue weighted by Gasteiger charge is -2.21. The molecular formula is C15H23NO. The first-order valence-corrected chi connectivity index (χ1v) is 6.83. The average molecular weight is 233 g/mol. The highest BCUT2D eigenvalue weighted by Gasteiger charge is 2.12. The Labute approximate surface area is 104 Å². The Kier molecular flexibility index (Phi) is 4.72. The van der Waals surface area contributed by atoms with Crippen molar-refractivity contribution in [2.75, 3.05) is 12.3 Å². The molecule has 0 atom stereocenters. The van der Waals surface area contributed by atoms with Gasteiger partial charge < -0.3 is 10.5 Å². The maximum absolute atomic E-state index is 5.70. The van der Waals surface area contributed by atoms with E-state index in [4.69, 9.17) is 10.5 Å². The van der Waals surface area contributed by atoms with Gasteiger partial charge in [0, 0.05) is 5.69 Å². The van der Waals surface area contributed by atoms with E-state index < -0.39 is 0 Å². The molecule has 2 N–H and O–H groups in total. The van der Waals surface area contributed by atoms with Crippen molar-refractivity contribution in [2.24, 2.45) is 5.92 Å². The highest BCUT2D eigenvalue weighted by Crippen LogP contribution is 2.27. The van der Waals surface area contributed by atoms with Crippen LogP contribution in [0.1, 0.15) is 44.9 Å². The summed E-state index contributed by atoms with van der Waals surface area (Å²) >= 11 is 0. The van der Waals surface area contributed by atoms with Crippen LogP contribution in [-0.4, -0.2) is 6.61 Å². The number of hydrogen-bond acceptors (Lipinski definition) is 2. The van der Waals surface area contributed by atoms with Crippen LogP contribution < -0.4 is 10.5 Å². The minimum Gasteiger partial charge on any atom is -0.494 e. The molecule has 0 aliphatic heterocycles. The summed E-state index contributed by atoms with van der Waals surface area (Å²) in [6.45, 7) is 0.834. The summed E-state index contributed by atoms with van der Waals surface area (Å²) in [4.78, 5) is 0. The first-order valence-electron chi connectivity index (χ1n) is 6.83. The number of anilines is 1. The lowest BCUT2D eigenvalue weighted by Crippen LogP contribution is -2.08. The minimum atomic E-state index is 0.791. The van der Waals surface area contributed by atoms with Gasteiger partial charge in [-0.1, -0.05) is 32.1 Å². The van der Waals surface area contributed by atoms with Crippen molar-refractivity contribution in [2.45, 2.75) is 44.9 Å². The summed E-state index contributed by atoms with van der Waals surface area (Å²) in [5.41, 5.74) is 6.41. The quantitative estimate of drug-likeness (QED) is 0.616. The van der Waals surface area contributed by atoms with Gasteiger partial charge in [-0.05, 0) is 43.0 Å². The van der Waals surface area contributed by atoms with Crippen LogP contribution >= 0.6 is 0 Å². The van der Waals surface area contributed by atoms with Crippen molar-refractivity contribution < 1.29 is 4.74 Å². The van der Waals surface area contributed by atoms with E-state index in [1.165, 1.54) is 44.9 Å². The van der Waals surface area contributed by atoms with Gasteiger partial charge in [-0.2, -0.15) is 0 Å². The van der Waals surface area contributed by atoms with E-state index in [-0.39, 0.29) is 0 Å². The van der Waals surface area contributed by atoms with Crippen LogP contribution in [0, 0.1) is 5.92 Å². The van der Waals surface area contributed by atoms with E-state index in [1.54, 1.807) is 0 Å². The molecule has 1 aliphatic carbocycles. The van der Waals surface area contributed by atoms with Gasteiger partial charge in [-0.25, -0.2) is 0 Å². The Balaban J connectivity index is 1.60. The topological polar surface area (TPSA) is 35.2 Å². The maximum Gasteiger partial charge on any atom is 0.119 e. The molecule has 0 amide bonds. The third-order valence-electron chi connectivity index (χ3n) is 3.63. The number of benzene rings is 1. The first kappa shape index (κ1) is 12.3. The van der Waals surface area contributed by atoms with Crippen LogP contribution in [-0.2, 0) is 0 Å². The fourth-order valence-electron chi connectivity index (χ4n) is 2.60. The van der Waals surface area contributed by atoms with Gasteiger partial charge in [0.15, 0.2) is 0 Å². The Morgan fingerprint density at radius 2 is 1.76 bits per heavy atom. The lowest BCUT2D eigenvalue weighted by atomic mass is 9.86. The summed E-state index contributed by atoms with van der Waals surface area (Å²) < 4.78 is 5.70. The molecule has 2 heteroatoms. The van der Waals surface area contributed by atoms with Crippen LogP contribution in [0.5, 0.6) is 5.75 Å². The smallest absolute Gasteiger partial charge is 0.119 e. The normalized spacial score (nSPS) is 16.9. The molecule has 0 radical (unpaired) electrons. The molecular weight excluding hydrogens is 210 g/mol.